The SMILES string of the molecule is CNC(=O)c1cc(C(=O)N(C)[C@@H](C)C(=O)O[C@H]2CC(=O)N(C)c3cc(cc(OC)c3Cl)C/C(C)=C/C=C/[C@@H](OC)[C@@]3(O)C[C@H](OC(=O)N3)[C@@H](C)[C@@H]3O[C@@]23C)ccc1N. The minimum atomic E-state index is -1.86. The summed E-state index contributed by atoms with van der Waals surface area (Å²) in [5.74, 6) is -2.66. The normalized spacial score (nSPS) is 29.3. The molecule has 16 nitrogen and oxygen atoms in total. The van der Waals surface area contributed by atoms with Crippen LogP contribution in [0.15, 0.2) is 54.1 Å². The number of nitrogens with one attached hydrogen (secondary N) is 2. The van der Waals surface area contributed by atoms with E-state index in [9.17, 15) is 29.1 Å². The lowest BCUT2D eigenvalue weighted by Gasteiger charge is -2.42. The number of anilines is 2. The van der Waals surface area contributed by atoms with Crippen molar-refractivity contribution < 1.29 is 52.8 Å². The zero-order chi connectivity index (χ0) is 42.9. The molecule has 0 saturated carbocycles. The molecule has 2 fully saturated rings. The molecule has 314 valence electrons. The highest BCUT2D eigenvalue weighted by atomic mass is 35.5. The maximum atomic E-state index is 14.2. The van der Waals surface area contributed by atoms with Crippen molar-refractivity contribution in [2.24, 2.45) is 5.92 Å². The highest BCUT2D eigenvalue weighted by Crippen LogP contribution is 2.49. The van der Waals surface area contributed by atoms with E-state index in [1.165, 1.54) is 58.3 Å². The molecule has 0 radical (unpaired) electrons. The van der Waals surface area contributed by atoms with Crippen molar-refractivity contribution in [1.82, 2.24) is 15.5 Å². The van der Waals surface area contributed by atoms with Crippen molar-refractivity contribution in [1.29, 1.82) is 0 Å². The number of nitrogens with zero attached hydrogens (tertiary/aromatic N) is 2. The summed E-state index contributed by atoms with van der Waals surface area (Å²) in [5.41, 5.74) is 5.20. The number of carbonyl (C=O) groups is 5. The Hall–Kier alpha value is -5.16. The van der Waals surface area contributed by atoms with Gasteiger partial charge in [0, 0.05) is 51.8 Å². The van der Waals surface area contributed by atoms with Crippen LogP contribution in [0.5, 0.6) is 5.75 Å². The van der Waals surface area contributed by atoms with E-state index in [4.69, 9.17) is 41.0 Å². The lowest BCUT2D eigenvalue weighted by atomic mass is 9.83. The number of hydrogen-bond acceptors (Lipinski definition) is 12. The van der Waals surface area contributed by atoms with Gasteiger partial charge in [0.1, 0.15) is 40.7 Å². The first-order chi connectivity index (χ1) is 27.3. The molecule has 58 heavy (non-hydrogen) atoms. The number of rotatable bonds is 7. The van der Waals surface area contributed by atoms with E-state index in [1.54, 1.807) is 45.2 Å². The van der Waals surface area contributed by atoms with Crippen molar-refractivity contribution in [3.05, 3.63) is 75.8 Å². The van der Waals surface area contributed by atoms with Gasteiger partial charge in [0.15, 0.2) is 5.72 Å². The smallest absolute Gasteiger partial charge is 0.409 e. The molecule has 2 saturated heterocycles. The summed E-state index contributed by atoms with van der Waals surface area (Å²) in [6.07, 6.45) is 0.476. The van der Waals surface area contributed by atoms with E-state index in [2.05, 4.69) is 10.6 Å². The Morgan fingerprint density at radius 2 is 1.90 bits per heavy atom. The van der Waals surface area contributed by atoms with Gasteiger partial charge >= 0.3 is 12.1 Å². The van der Waals surface area contributed by atoms with Gasteiger partial charge < -0.3 is 49.6 Å². The fourth-order valence-corrected chi connectivity index (χ4v) is 7.72. The van der Waals surface area contributed by atoms with E-state index in [0.29, 0.717) is 17.9 Å². The molecule has 2 aromatic rings. The number of halogens is 1. The monoisotopic (exact) mass is 825 g/mol. The van der Waals surface area contributed by atoms with Gasteiger partial charge in [-0.3, -0.25) is 19.7 Å². The molecule has 2 aromatic carbocycles. The fraction of sp³-hybridized carbons (Fsp3) is 0.488. The zero-order valence-electron chi connectivity index (χ0n) is 34.1. The average molecular weight is 826 g/mol. The summed E-state index contributed by atoms with van der Waals surface area (Å²) >= 11 is 6.78. The minimum Gasteiger partial charge on any atom is -0.495 e. The number of nitrogen functional groups attached to an aromatic ring is 1. The van der Waals surface area contributed by atoms with Gasteiger partial charge in [-0.05, 0) is 63.1 Å². The van der Waals surface area contributed by atoms with E-state index >= 15 is 0 Å². The molecule has 5 rings (SSSR count). The number of aliphatic hydroxyl groups is 1. The second-order valence-corrected chi connectivity index (χ2v) is 15.6. The third-order valence-corrected chi connectivity index (χ3v) is 11.6. The average Bonchev–Trinajstić information content (AvgIpc) is 3.89. The van der Waals surface area contributed by atoms with Crippen molar-refractivity contribution in [2.75, 3.05) is 46.0 Å². The van der Waals surface area contributed by atoms with Crippen LogP contribution in [0, 0.1) is 5.92 Å². The number of methoxy groups -OCH3 is 2. The number of allylic oxidation sites excluding steroid dienone is 3. The molecule has 4 amide bonds. The van der Waals surface area contributed by atoms with Crippen LogP contribution in [0.1, 0.15) is 66.8 Å². The number of nitrogens with two attached hydrogens (primary N) is 1. The second-order valence-electron chi connectivity index (χ2n) is 15.2. The van der Waals surface area contributed by atoms with Gasteiger partial charge in [0.2, 0.25) is 5.91 Å². The molecule has 0 spiro atoms. The summed E-state index contributed by atoms with van der Waals surface area (Å²) in [4.78, 5) is 69.6. The van der Waals surface area contributed by atoms with Crippen LogP contribution in [0.2, 0.25) is 5.02 Å². The van der Waals surface area contributed by atoms with Gasteiger partial charge in [0.05, 0.1) is 30.9 Å². The molecule has 0 aliphatic carbocycles. The zero-order valence-corrected chi connectivity index (χ0v) is 34.8. The molecular formula is C41H52ClN5O11. The quantitative estimate of drug-likeness (QED) is 0.179. The minimum absolute atomic E-state index is 0.0889. The number of alkyl carbamates (subject to hydrolysis) is 1. The van der Waals surface area contributed by atoms with Gasteiger partial charge in [-0.1, -0.05) is 42.3 Å². The van der Waals surface area contributed by atoms with Crippen LogP contribution in [0.25, 0.3) is 0 Å². The molecular weight excluding hydrogens is 774 g/mol. The molecule has 3 aliphatic rings. The van der Waals surface area contributed by atoms with Crippen molar-refractivity contribution in [3.8, 4) is 5.75 Å². The third-order valence-electron chi connectivity index (χ3n) is 11.2. The van der Waals surface area contributed by atoms with Crippen LogP contribution >= 0.6 is 11.6 Å². The Labute approximate surface area is 342 Å². The third kappa shape index (κ3) is 8.94. The van der Waals surface area contributed by atoms with Gasteiger partial charge in [-0.2, -0.15) is 0 Å². The van der Waals surface area contributed by atoms with E-state index in [1.807, 2.05) is 13.0 Å². The summed E-state index contributed by atoms with van der Waals surface area (Å²) in [7, 11) is 7.27. The number of fused-ring (bicyclic) bond motifs is 5. The summed E-state index contributed by atoms with van der Waals surface area (Å²) < 4.78 is 29.3. The van der Waals surface area contributed by atoms with Crippen LogP contribution in [-0.2, 0) is 35.0 Å². The Balaban J connectivity index is 1.51. The van der Waals surface area contributed by atoms with Crippen molar-refractivity contribution in [2.45, 2.75) is 88.7 Å². The highest BCUT2D eigenvalue weighted by molar-refractivity contribution is 6.35. The lowest BCUT2D eigenvalue weighted by Crippen LogP contribution is -2.63. The summed E-state index contributed by atoms with van der Waals surface area (Å²) in [6, 6.07) is 6.57. The van der Waals surface area contributed by atoms with E-state index in [-0.39, 0.29) is 34.7 Å². The number of esters is 1. The molecule has 5 N–H and O–H groups in total. The number of benzene rings is 2. The summed E-state index contributed by atoms with van der Waals surface area (Å²) in [5, 5.41) is 16.9. The van der Waals surface area contributed by atoms with E-state index < -0.39 is 77.5 Å². The second kappa shape index (κ2) is 17.4. The molecule has 0 aromatic heterocycles. The number of amides is 4. The van der Waals surface area contributed by atoms with Crippen molar-refractivity contribution >= 4 is 52.8 Å². The number of hydrogen-bond donors (Lipinski definition) is 4. The maximum Gasteiger partial charge on any atom is 0.409 e. The fourth-order valence-electron chi connectivity index (χ4n) is 7.40. The highest BCUT2D eigenvalue weighted by Gasteiger charge is 2.64. The largest absolute Gasteiger partial charge is 0.495 e. The van der Waals surface area contributed by atoms with E-state index in [0.717, 1.165) is 16.0 Å². The molecule has 4 bridgehead atoms. The number of ether oxygens (including phenoxy) is 5. The number of carbonyl (C=O) groups excluding carboxylic acids is 5. The molecule has 0 unspecified atom stereocenters. The van der Waals surface area contributed by atoms with Crippen LogP contribution < -0.4 is 26.0 Å². The van der Waals surface area contributed by atoms with Gasteiger partial charge in [-0.15, -0.1) is 0 Å². The van der Waals surface area contributed by atoms with Crippen molar-refractivity contribution in [3.63, 3.8) is 0 Å². The Bertz CT molecular complexity index is 2020. The maximum absolute atomic E-state index is 14.2. The van der Waals surface area contributed by atoms with Gasteiger partial charge in [0.25, 0.3) is 11.8 Å². The number of likely N-dealkylation sites (N-methyl/N-ethyl adjacent to an activating group) is 1. The molecule has 3 heterocycles. The molecule has 3 aliphatic heterocycles. The number of epoxide rings is 1. The predicted molar refractivity (Wildman–Crippen MR) is 215 cm³/mol. The summed E-state index contributed by atoms with van der Waals surface area (Å²) in [6.45, 7) is 6.82. The standard InChI is InChI=1S/C41H52ClN5O11/c1-21-11-10-12-31(55-9)41(53)20-30(56-39(52)45-41)22(2)35-40(4,58-35)32(19-33(48)47(7)28-16-24(15-21)17-29(54-8)34(28)42)57-38(51)23(3)46(6)37(50)25-13-14-27(43)26(18-25)36(49)44-5/h10-14,16-18,22-23,30-32,35,53H,15,19-20,43H2,1-9H3,(H,44,49)(H,45,52)/b12-10+,21-11+/t22-,23+,30+,31-,32+,35+,40+,41+/m1/s1. The Morgan fingerprint density at radius 1 is 1.19 bits per heavy atom. The first-order valence-electron chi connectivity index (χ1n) is 18.8. The van der Waals surface area contributed by atoms with Gasteiger partial charge in [-0.25, -0.2) is 9.59 Å². The Morgan fingerprint density at radius 3 is 2.55 bits per heavy atom. The molecule has 17 heteroatoms. The first kappa shape index (κ1) is 44.0. The Kier molecular flexibility index (Phi) is 13.2. The predicted octanol–water partition coefficient (Wildman–Crippen LogP) is 3.77. The molecule has 8 atom stereocenters. The van der Waals surface area contributed by atoms with Crippen LogP contribution in [0.4, 0.5) is 16.2 Å². The van der Waals surface area contributed by atoms with Crippen LogP contribution in [0.3, 0.4) is 0 Å². The first-order valence-corrected chi connectivity index (χ1v) is 19.1. The topological polar surface area (TPSA) is 212 Å². The lowest BCUT2D eigenvalue weighted by molar-refractivity contribution is -0.158. The van der Waals surface area contributed by atoms with Crippen LogP contribution in [-0.4, -0.2) is 117 Å².